The lowest BCUT2D eigenvalue weighted by Gasteiger charge is -2.08. The Morgan fingerprint density at radius 3 is 2.70 bits per heavy atom. The molecule has 0 saturated carbocycles. The number of anilines is 1. The van der Waals surface area contributed by atoms with Gasteiger partial charge in [-0.2, -0.15) is 5.10 Å². The molecule has 0 aliphatic heterocycles. The molecule has 1 aromatic heterocycles. The average molecular weight is 275 g/mol. The van der Waals surface area contributed by atoms with Crippen molar-refractivity contribution in [3.05, 3.63) is 35.7 Å². The van der Waals surface area contributed by atoms with E-state index in [0.717, 1.165) is 16.9 Å². The van der Waals surface area contributed by atoms with Gasteiger partial charge in [0.2, 0.25) is 0 Å². The lowest BCUT2D eigenvalue weighted by atomic mass is 10.2. The van der Waals surface area contributed by atoms with Gasteiger partial charge in [-0.25, -0.2) is 0 Å². The Morgan fingerprint density at radius 2 is 2.15 bits per heavy atom. The van der Waals surface area contributed by atoms with Crippen LogP contribution in [0.1, 0.15) is 31.1 Å². The monoisotopic (exact) mass is 275 g/mol. The van der Waals surface area contributed by atoms with Gasteiger partial charge in [0.05, 0.1) is 18.5 Å². The zero-order valence-corrected chi connectivity index (χ0v) is 12.3. The first-order valence-corrected chi connectivity index (χ1v) is 6.66. The molecule has 20 heavy (non-hydrogen) atoms. The first-order valence-electron chi connectivity index (χ1n) is 6.66. The summed E-state index contributed by atoms with van der Waals surface area (Å²) in [7, 11) is 1.58. The highest BCUT2D eigenvalue weighted by Crippen LogP contribution is 2.25. The van der Waals surface area contributed by atoms with Crippen LogP contribution in [0, 0.1) is 6.92 Å². The number of hydrogen-bond donors (Lipinski definition) is 2. The summed E-state index contributed by atoms with van der Waals surface area (Å²) in [5.74, 6) is 0.876. The molecule has 1 heterocycles. The SMILES string of the molecule is COc1ccc(CNc2cn(C(C)C)nc2C)c(O)c1. The van der Waals surface area contributed by atoms with E-state index in [4.69, 9.17) is 4.74 Å². The van der Waals surface area contributed by atoms with Crippen molar-refractivity contribution in [1.82, 2.24) is 9.78 Å². The van der Waals surface area contributed by atoms with E-state index in [9.17, 15) is 5.11 Å². The van der Waals surface area contributed by atoms with E-state index < -0.39 is 0 Å². The van der Waals surface area contributed by atoms with Crippen molar-refractivity contribution in [2.24, 2.45) is 0 Å². The lowest BCUT2D eigenvalue weighted by Crippen LogP contribution is -2.01. The van der Waals surface area contributed by atoms with Gasteiger partial charge in [-0.3, -0.25) is 4.68 Å². The zero-order valence-electron chi connectivity index (χ0n) is 12.3. The Hall–Kier alpha value is -2.17. The number of phenols is 1. The molecule has 1 aromatic carbocycles. The Labute approximate surface area is 119 Å². The van der Waals surface area contributed by atoms with Crippen molar-refractivity contribution in [2.45, 2.75) is 33.4 Å². The van der Waals surface area contributed by atoms with E-state index in [-0.39, 0.29) is 5.75 Å². The van der Waals surface area contributed by atoms with Gasteiger partial charge in [-0.15, -0.1) is 0 Å². The molecule has 0 bridgehead atoms. The molecule has 2 aromatic rings. The zero-order chi connectivity index (χ0) is 14.7. The van der Waals surface area contributed by atoms with Gasteiger partial charge in [-0.05, 0) is 32.9 Å². The normalized spacial score (nSPS) is 10.8. The highest BCUT2D eigenvalue weighted by Gasteiger charge is 2.08. The third kappa shape index (κ3) is 3.04. The molecule has 0 unspecified atom stereocenters. The Bertz CT molecular complexity index is 591. The van der Waals surface area contributed by atoms with Crippen LogP contribution in [-0.2, 0) is 6.54 Å². The fourth-order valence-electron chi connectivity index (χ4n) is 1.93. The minimum atomic E-state index is 0.228. The van der Waals surface area contributed by atoms with E-state index in [1.54, 1.807) is 13.2 Å². The number of aromatic nitrogens is 2. The Kier molecular flexibility index (Phi) is 4.17. The van der Waals surface area contributed by atoms with Gasteiger partial charge >= 0.3 is 0 Å². The second kappa shape index (κ2) is 5.86. The van der Waals surface area contributed by atoms with Crippen molar-refractivity contribution < 1.29 is 9.84 Å². The number of methoxy groups -OCH3 is 1. The summed E-state index contributed by atoms with van der Waals surface area (Å²) in [4.78, 5) is 0. The summed E-state index contributed by atoms with van der Waals surface area (Å²) in [6.45, 7) is 6.69. The summed E-state index contributed by atoms with van der Waals surface area (Å²) >= 11 is 0. The van der Waals surface area contributed by atoms with Crippen molar-refractivity contribution in [2.75, 3.05) is 12.4 Å². The minimum absolute atomic E-state index is 0.228. The predicted molar refractivity (Wildman–Crippen MR) is 79.3 cm³/mol. The van der Waals surface area contributed by atoms with Crippen LogP contribution in [-0.4, -0.2) is 22.0 Å². The Morgan fingerprint density at radius 1 is 1.40 bits per heavy atom. The maximum atomic E-state index is 9.92. The average Bonchev–Trinajstić information content (AvgIpc) is 2.79. The number of nitrogens with zero attached hydrogens (tertiary/aromatic N) is 2. The molecule has 0 amide bonds. The van der Waals surface area contributed by atoms with Crippen molar-refractivity contribution in [3.8, 4) is 11.5 Å². The van der Waals surface area contributed by atoms with Crippen LogP contribution in [0.25, 0.3) is 0 Å². The smallest absolute Gasteiger partial charge is 0.124 e. The molecule has 0 radical (unpaired) electrons. The maximum Gasteiger partial charge on any atom is 0.124 e. The van der Waals surface area contributed by atoms with Gasteiger partial charge in [0.25, 0.3) is 0 Å². The molecule has 0 fully saturated rings. The number of nitrogens with one attached hydrogen (secondary N) is 1. The van der Waals surface area contributed by atoms with Gasteiger partial charge < -0.3 is 15.2 Å². The molecule has 5 heteroatoms. The number of aromatic hydroxyl groups is 1. The first-order chi connectivity index (χ1) is 9.51. The topological polar surface area (TPSA) is 59.3 Å². The van der Waals surface area contributed by atoms with Crippen molar-refractivity contribution in [3.63, 3.8) is 0 Å². The fourth-order valence-corrected chi connectivity index (χ4v) is 1.93. The fraction of sp³-hybridized carbons (Fsp3) is 0.400. The molecule has 0 aliphatic carbocycles. The number of rotatable bonds is 5. The molecular formula is C15H21N3O2. The highest BCUT2D eigenvalue weighted by molar-refractivity contribution is 5.48. The van der Waals surface area contributed by atoms with Crippen molar-refractivity contribution >= 4 is 5.69 Å². The molecule has 0 atom stereocenters. The van der Waals surface area contributed by atoms with Crippen LogP contribution >= 0.6 is 0 Å². The van der Waals surface area contributed by atoms with Gasteiger partial charge in [0.1, 0.15) is 11.5 Å². The largest absolute Gasteiger partial charge is 0.507 e. The molecule has 5 nitrogen and oxygen atoms in total. The highest BCUT2D eigenvalue weighted by atomic mass is 16.5. The van der Waals surface area contributed by atoms with E-state index in [0.29, 0.717) is 18.3 Å². The minimum Gasteiger partial charge on any atom is -0.507 e. The molecule has 108 valence electrons. The van der Waals surface area contributed by atoms with E-state index in [2.05, 4.69) is 24.3 Å². The molecule has 2 rings (SSSR count). The number of ether oxygens (including phenoxy) is 1. The third-order valence-corrected chi connectivity index (χ3v) is 3.21. The summed E-state index contributed by atoms with van der Waals surface area (Å²) in [6.07, 6.45) is 1.99. The number of benzene rings is 1. The van der Waals surface area contributed by atoms with Crippen LogP contribution in [0.15, 0.2) is 24.4 Å². The van der Waals surface area contributed by atoms with Crippen molar-refractivity contribution in [1.29, 1.82) is 0 Å². The maximum absolute atomic E-state index is 9.92. The van der Waals surface area contributed by atoms with E-state index in [1.165, 1.54) is 0 Å². The van der Waals surface area contributed by atoms with Gasteiger partial charge in [-0.1, -0.05) is 0 Å². The van der Waals surface area contributed by atoms with E-state index >= 15 is 0 Å². The van der Waals surface area contributed by atoms with Crippen LogP contribution in [0.3, 0.4) is 0 Å². The van der Waals surface area contributed by atoms with Crippen LogP contribution in [0.5, 0.6) is 11.5 Å². The number of hydrogen-bond acceptors (Lipinski definition) is 4. The third-order valence-electron chi connectivity index (χ3n) is 3.21. The summed E-state index contributed by atoms with van der Waals surface area (Å²) in [5, 5.41) is 17.7. The first kappa shape index (κ1) is 14.2. The molecule has 0 saturated heterocycles. The standard InChI is InChI=1S/C15H21N3O2/c1-10(2)18-9-14(11(3)17-18)16-8-12-5-6-13(20-4)7-15(12)19/h5-7,9-10,16,19H,8H2,1-4H3. The quantitative estimate of drug-likeness (QED) is 0.880. The second-order valence-electron chi connectivity index (χ2n) is 5.05. The Balaban J connectivity index is 2.09. The molecule has 2 N–H and O–H groups in total. The van der Waals surface area contributed by atoms with E-state index in [1.807, 2.05) is 29.9 Å². The molecular weight excluding hydrogens is 254 g/mol. The molecule has 0 aliphatic rings. The predicted octanol–water partition coefficient (Wildman–Crippen LogP) is 3.10. The number of aryl methyl sites for hydroxylation is 1. The van der Waals surface area contributed by atoms with Gasteiger partial charge in [0, 0.05) is 30.4 Å². The lowest BCUT2D eigenvalue weighted by molar-refractivity contribution is 0.406. The second-order valence-corrected chi connectivity index (χ2v) is 5.05. The summed E-state index contributed by atoms with van der Waals surface area (Å²) in [5.41, 5.74) is 2.75. The summed E-state index contributed by atoms with van der Waals surface area (Å²) in [6, 6.07) is 5.63. The molecule has 0 spiro atoms. The summed E-state index contributed by atoms with van der Waals surface area (Å²) < 4.78 is 6.99. The van der Waals surface area contributed by atoms with Crippen LogP contribution in [0.4, 0.5) is 5.69 Å². The number of phenolic OH excluding ortho intramolecular Hbond substituents is 1. The van der Waals surface area contributed by atoms with Gasteiger partial charge in [0.15, 0.2) is 0 Å². The van der Waals surface area contributed by atoms with Crippen LogP contribution < -0.4 is 10.1 Å². The van der Waals surface area contributed by atoms with Crippen LogP contribution in [0.2, 0.25) is 0 Å².